The lowest BCUT2D eigenvalue weighted by Crippen LogP contribution is -2.24. The molecule has 2 aromatic carbocycles. The lowest BCUT2D eigenvalue weighted by atomic mass is 9.97. The zero-order chi connectivity index (χ0) is 15.2. The van der Waals surface area contributed by atoms with Gasteiger partial charge >= 0.3 is 0 Å². The molecule has 1 N–H and O–H groups in total. The first kappa shape index (κ1) is 16.2. The summed E-state index contributed by atoms with van der Waals surface area (Å²) in [6.45, 7) is 3.01. The van der Waals surface area contributed by atoms with Crippen LogP contribution in [0.5, 0.6) is 5.75 Å². The molecule has 21 heavy (non-hydrogen) atoms. The highest BCUT2D eigenvalue weighted by atomic mass is 35.5. The van der Waals surface area contributed by atoms with Gasteiger partial charge in [-0.3, -0.25) is 0 Å². The molecule has 0 spiro atoms. The van der Waals surface area contributed by atoms with Crippen LogP contribution < -0.4 is 10.1 Å². The van der Waals surface area contributed by atoms with Crippen LogP contribution in [0.15, 0.2) is 42.5 Å². The number of rotatable bonds is 6. The average Bonchev–Trinajstić information content (AvgIpc) is 2.52. The molecule has 1 unspecified atom stereocenters. The van der Waals surface area contributed by atoms with Crippen molar-refractivity contribution < 1.29 is 4.74 Å². The Bertz CT molecular complexity index is 601. The van der Waals surface area contributed by atoms with Crippen molar-refractivity contribution in [2.75, 3.05) is 13.7 Å². The Labute approximate surface area is 136 Å². The summed E-state index contributed by atoms with van der Waals surface area (Å²) in [6.07, 6.45) is 1.03. The number of ether oxygens (including phenoxy) is 1. The topological polar surface area (TPSA) is 21.3 Å². The van der Waals surface area contributed by atoms with E-state index in [1.165, 1.54) is 0 Å². The third kappa shape index (κ3) is 3.70. The lowest BCUT2D eigenvalue weighted by Gasteiger charge is -2.23. The van der Waals surface area contributed by atoms with Crippen molar-refractivity contribution in [3.63, 3.8) is 0 Å². The Morgan fingerprint density at radius 2 is 1.76 bits per heavy atom. The molecule has 0 amide bonds. The molecule has 0 bridgehead atoms. The molecule has 2 nitrogen and oxygen atoms in total. The van der Waals surface area contributed by atoms with Gasteiger partial charge in [0.2, 0.25) is 0 Å². The van der Waals surface area contributed by atoms with Crippen LogP contribution in [0.1, 0.15) is 30.5 Å². The fourth-order valence-corrected chi connectivity index (χ4v) is 2.74. The van der Waals surface area contributed by atoms with E-state index in [0.717, 1.165) is 29.8 Å². The molecule has 0 aliphatic carbocycles. The van der Waals surface area contributed by atoms with Crippen molar-refractivity contribution in [2.24, 2.45) is 0 Å². The SMILES string of the molecule is CCCNC(c1ccccc1OC)c1cccc(Cl)c1Cl. The zero-order valence-electron chi connectivity index (χ0n) is 12.2. The second kappa shape index (κ2) is 7.69. The molecule has 0 aromatic heterocycles. The predicted octanol–water partition coefficient (Wildman–Crippen LogP) is 5.09. The molecule has 2 rings (SSSR count). The van der Waals surface area contributed by atoms with E-state index < -0.39 is 0 Å². The monoisotopic (exact) mass is 323 g/mol. The smallest absolute Gasteiger partial charge is 0.123 e. The first-order valence-corrected chi connectivity index (χ1v) is 7.74. The van der Waals surface area contributed by atoms with E-state index in [1.807, 2.05) is 36.4 Å². The fourth-order valence-electron chi connectivity index (χ4n) is 2.32. The van der Waals surface area contributed by atoms with Crippen molar-refractivity contribution in [1.29, 1.82) is 0 Å². The second-order valence-corrected chi connectivity index (χ2v) is 5.56. The van der Waals surface area contributed by atoms with Gasteiger partial charge in [-0.25, -0.2) is 0 Å². The van der Waals surface area contributed by atoms with Crippen molar-refractivity contribution in [3.8, 4) is 5.75 Å². The number of para-hydroxylation sites is 1. The summed E-state index contributed by atoms with van der Waals surface area (Å²) in [5.41, 5.74) is 2.01. The summed E-state index contributed by atoms with van der Waals surface area (Å²) in [6, 6.07) is 13.6. The minimum absolute atomic E-state index is 0.0488. The standard InChI is InChI=1S/C17H19Cl2NO/c1-3-11-20-17(12-7-4-5-10-15(12)21-2)13-8-6-9-14(18)16(13)19/h4-10,17,20H,3,11H2,1-2H3. The van der Waals surface area contributed by atoms with E-state index >= 15 is 0 Å². The first-order valence-electron chi connectivity index (χ1n) is 6.99. The summed E-state index contributed by atoms with van der Waals surface area (Å²) >= 11 is 12.6. The normalized spacial score (nSPS) is 12.2. The van der Waals surface area contributed by atoms with Crippen LogP contribution in [0, 0.1) is 0 Å². The molecule has 0 heterocycles. The molecular weight excluding hydrogens is 305 g/mol. The van der Waals surface area contributed by atoms with Gasteiger partial charge in [-0.05, 0) is 30.7 Å². The van der Waals surface area contributed by atoms with Crippen LogP contribution in [0.2, 0.25) is 10.0 Å². The molecular formula is C17H19Cl2NO. The van der Waals surface area contributed by atoms with Crippen LogP contribution in [-0.2, 0) is 0 Å². The first-order chi connectivity index (χ1) is 10.2. The Kier molecular flexibility index (Phi) is 5.92. The molecule has 1 atom stereocenters. The number of hydrogen-bond donors (Lipinski definition) is 1. The summed E-state index contributed by atoms with van der Waals surface area (Å²) < 4.78 is 5.48. The maximum Gasteiger partial charge on any atom is 0.123 e. The minimum atomic E-state index is -0.0488. The van der Waals surface area contributed by atoms with E-state index in [1.54, 1.807) is 13.2 Å². The van der Waals surface area contributed by atoms with Gasteiger partial charge in [-0.1, -0.05) is 60.5 Å². The van der Waals surface area contributed by atoms with Crippen LogP contribution in [0.25, 0.3) is 0 Å². The van der Waals surface area contributed by atoms with Crippen molar-refractivity contribution in [2.45, 2.75) is 19.4 Å². The lowest BCUT2D eigenvalue weighted by molar-refractivity contribution is 0.404. The Hall–Kier alpha value is -1.22. The molecule has 112 valence electrons. The van der Waals surface area contributed by atoms with Gasteiger partial charge in [-0.15, -0.1) is 0 Å². The number of hydrogen-bond acceptors (Lipinski definition) is 2. The zero-order valence-corrected chi connectivity index (χ0v) is 13.7. The largest absolute Gasteiger partial charge is 0.496 e. The molecule has 0 saturated heterocycles. The molecule has 0 radical (unpaired) electrons. The number of methoxy groups -OCH3 is 1. The molecule has 4 heteroatoms. The fraction of sp³-hybridized carbons (Fsp3) is 0.294. The molecule has 0 saturated carbocycles. The predicted molar refractivity (Wildman–Crippen MR) is 89.6 cm³/mol. The number of benzene rings is 2. The van der Waals surface area contributed by atoms with E-state index in [-0.39, 0.29) is 6.04 Å². The Morgan fingerprint density at radius 1 is 1.05 bits per heavy atom. The second-order valence-electron chi connectivity index (χ2n) is 4.77. The van der Waals surface area contributed by atoms with Crippen molar-refractivity contribution >= 4 is 23.2 Å². The van der Waals surface area contributed by atoms with Crippen LogP contribution >= 0.6 is 23.2 Å². The molecule has 0 aliphatic heterocycles. The van der Waals surface area contributed by atoms with Crippen molar-refractivity contribution in [3.05, 3.63) is 63.6 Å². The summed E-state index contributed by atoms with van der Waals surface area (Å²) in [4.78, 5) is 0. The van der Waals surface area contributed by atoms with Gasteiger partial charge in [0.05, 0.1) is 23.2 Å². The quantitative estimate of drug-likeness (QED) is 0.799. The van der Waals surface area contributed by atoms with Gasteiger partial charge in [0.25, 0.3) is 0 Å². The van der Waals surface area contributed by atoms with Gasteiger partial charge in [0.15, 0.2) is 0 Å². The van der Waals surface area contributed by atoms with Crippen LogP contribution in [-0.4, -0.2) is 13.7 Å². The number of halogens is 2. The highest BCUT2D eigenvalue weighted by Gasteiger charge is 2.20. The van der Waals surface area contributed by atoms with Gasteiger partial charge in [0, 0.05) is 5.56 Å². The summed E-state index contributed by atoms with van der Waals surface area (Å²) in [5, 5.41) is 4.67. The average molecular weight is 324 g/mol. The summed E-state index contributed by atoms with van der Waals surface area (Å²) in [5.74, 6) is 0.835. The van der Waals surface area contributed by atoms with Gasteiger partial charge in [-0.2, -0.15) is 0 Å². The van der Waals surface area contributed by atoms with E-state index in [2.05, 4.69) is 12.2 Å². The minimum Gasteiger partial charge on any atom is -0.496 e. The highest BCUT2D eigenvalue weighted by molar-refractivity contribution is 6.42. The van der Waals surface area contributed by atoms with E-state index in [0.29, 0.717) is 10.0 Å². The third-order valence-corrected chi connectivity index (χ3v) is 4.17. The van der Waals surface area contributed by atoms with Gasteiger partial charge in [0.1, 0.15) is 5.75 Å². The molecule has 0 fully saturated rings. The van der Waals surface area contributed by atoms with Crippen LogP contribution in [0.3, 0.4) is 0 Å². The molecule has 2 aromatic rings. The van der Waals surface area contributed by atoms with Gasteiger partial charge < -0.3 is 10.1 Å². The number of nitrogens with one attached hydrogen (secondary N) is 1. The Morgan fingerprint density at radius 3 is 2.48 bits per heavy atom. The van der Waals surface area contributed by atoms with Crippen LogP contribution in [0.4, 0.5) is 0 Å². The third-order valence-electron chi connectivity index (χ3n) is 3.34. The van der Waals surface area contributed by atoms with E-state index in [9.17, 15) is 0 Å². The van der Waals surface area contributed by atoms with Crippen molar-refractivity contribution in [1.82, 2.24) is 5.32 Å². The maximum absolute atomic E-state index is 6.40. The summed E-state index contributed by atoms with van der Waals surface area (Å²) in [7, 11) is 1.68. The highest BCUT2D eigenvalue weighted by Crippen LogP contribution is 2.36. The maximum atomic E-state index is 6.40. The van der Waals surface area contributed by atoms with E-state index in [4.69, 9.17) is 27.9 Å². The molecule has 0 aliphatic rings. The Balaban J connectivity index is 2.50.